The van der Waals surface area contributed by atoms with Crippen molar-refractivity contribution in [2.24, 2.45) is 0 Å². The number of rotatable bonds is 4. The molecule has 0 aliphatic carbocycles. The predicted molar refractivity (Wildman–Crippen MR) is 55.7 cm³/mol. The second kappa shape index (κ2) is 5.34. The second-order valence-electron chi connectivity index (χ2n) is 3.87. The lowest BCUT2D eigenvalue weighted by Crippen LogP contribution is -2.31. The van der Waals surface area contributed by atoms with Gasteiger partial charge in [-0.05, 0) is 13.1 Å². The lowest BCUT2D eigenvalue weighted by molar-refractivity contribution is -0.144. The average molecular weight is 265 g/mol. The summed E-state index contributed by atoms with van der Waals surface area (Å²) >= 11 is 0. The second-order valence-corrected chi connectivity index (χ2v) is 3.87. The molecule has 0 amide bonds. The Balaban J connectivity index is 2.85. The van der Waals surface area contributed by atoms with Crippen molar-refractivity contribution in [3.8, 4) is 0 Å². The Hall–Kier alpha value is -1.63. The summed E-state index contributed by atoms with van der Waals surface area (Å²) in [6, 6.07) is 3.61. The molecule has 18 heavy (non-hydrogen) atoms. The van der Waals surface area contributed by atoms with Crippen LogP contribution in [0.25, 0.3) is 0 Å². The molecular formula is C11H11F4NO2. The fourth-order valence-corrected chi connectivity index (χ4v) is 1.52. The minimum atomic E-state index is -4.38. The van der Waals surface area contributed by atoms with Gasteiger partial charge in [-0.3, -0.25) is 4.90 Å². The Morgan fingerprint density at radius 3 is 2.50 bits per heavy atom. The van der Waals surface area contributed by atoms with E-state index in [0.29, 0.717) is 0 Å². The summed E-state index contributed by atoms with van der Waals surface area (Å²) < 4.78 is 49.9. The van der Waals surface area contributed by atoms with Gasteiger partial charge in [0.25, 0.3) is 0 Å². The van der Waals surface area contributed by atoms with E-state index in [1.165, 1.54) is 19.2 Å². The number of alkyl halides is 3. The first-order valence-corrected chi connectivity index (χ1v) is 4.96. The molecule has 0 aromatic heterocycles. The molecular weight excluding hydrogens is 254 g/mol. The van der Waals surface area contributed by atoms with E-state index < -0.39 is 30.1 Å². The zero-order valence-corrected chi connectivity index (χ0v) is 9.46. The first-order chi connectivity index (χ1) is 8.20. The molecule has 3 nitrogen and oxygen atoms in total. The van der Waals surface area contributed by atoms with Crippen LogP contribution >= 0.6 is 0 Å². The lowest BCUT2D eigenvalue weighted by atomic mass is 10.1. The molecule has 100 valence electrons. The number of hydrogen-bond acceptors (Lipinski definition) is 2. The highest BCUT2D eigenvalue weighted by atomic mass is 19.4. The zero-order valence-electron chi connectivity index (χ0n) is 9.46. The Bertz CT molecular complexity index is 445. The van der Waals surface area contributed by atoms with Crippen LogP contribution in [0.1, 0.15) is 15.9 Å². The van der Waals surface area contributed by atoms with Gasteiger partial charge in [-0.25, -0.2) is 9.18 Å². The van der Waals surface area contributed by atoms with Crippen molar-refractivity contribution in [1.82, 2.24) is 4.90 Å². The third-order valence-corrected chi connectivity index (χ3v) is 2.20. The maximum Gasteiger partial charge on any atom is 0.401 e. The molecule has 7 heteroatoms. The molecule has 0 saturated heterocycles. The molecule has 0 radical (unpaired) electrons. The van der Waals surface area contributed by atoms with Crippen LogP contribution in [0, 0.1) is 5.82 Å². The number of halogens is 4. The molecule has 0 spiro atoms. The largest absolute Gasteiger partial charge is 0.478 e. The summed E-state index contributed by atoms with van der Waals surface area (Å²) in [4.78, 5) is 11.5. The average Bonchev–Trinajstić information content (AvgIpc) is 2.17. The van der Waals surface area contributed by atoms with Crippen molar-refractivity contribution in [2.75, 3.05) is 13.6 Å². The van der Waals surface area contributed by atoms with E-state index >= 15 is 0 Å². The summed E-state index contributed by atoms with van der Waals surface area (Å²) in [6.07, 6.45) is -4.38. The van der Waals surface area contributed by atoms with E-state index in [4.69, 9.17) is 5.11 Å². The van der Waals surface area contributed by atoms with Gasteiger partial charge in [-0.15, -0.1) is 0 Å². The molecule has 1 N–H and O–H groups in total. The minimum absolute atomic E-state index is 0.0818. The molecule has 0 aliphatic heterocycles. The quantitative estimate of drug-likeness (QED) is 0.850. The van der Waals surface area contributed by atoms with Gasteiger partial charge in [0.1, 0.15) is 5.82 Å². The van der Waals surface area contributed by atoms with Crippen molar-refractivity contribution in [1.29, 1.82) is 0 Å². The van der Waals surface area contributed by atoms with Gasteiger partial charge in [0.2, 0.25) is 0 Å². The van der Waals surface area contributed by atoms with E-state index in [1.807, 2.05) is 0 Å². The molecule has 0 bridgehead atoms. The Morgan fingerprint density at radius 1 is 1.39 bits per heavy atom. The summed E-state index contributed by atoms with van der Waals surface area (Å²) in [6.45, 7) is -1.50. The van der Waals surface area contributed by atoms with Crippen molar-refractivity contribution in [2.45, 2.75) is 12.7 Å². The number of carboxylic acid groups (broad SMARTS) is 1. The third kappa shape index (κ3) is 3.99. The van der Waals surface area contributed by atoms with E-state index in [9.17, 15) is 22.4 Å². The van der Waals surface area contributed by atoms with Crippen LogP contribution in [-0.2, 0) is 6.54 Å². The van der Waals surface area contributed by atoms with E-state index in [-0.39, 0.29) is 12.1 Å². The van der Waals surface area contributed by atoms with Gasteiger partial charge in [0.05, 0.1) is 12.1 Å². The topological polar surface area (TPSA) is 40.5 Å². The third-order valence-electron chi connectivity index (χ3n) is 2.20. The monoisotopic (exact) mass is 265 g/mol. The zero-order chi connectivity index (χ0) is 13.9. The fraction of sp³-hybridized carbons (Fsp3) is 0.364. The number of nitrogens with zero attached hydrogens (tertiary/aromatic N) is 1. The van der Waals surface area contributed by atoms with Crippen LogP contribution in [0.15, 0.2) is 18.2 Å². The highest BCUT2D eigenvalue weighted by Crippen LogP contribution is 2.19. The normalized spacial score (nSPS) is 11.9. The van der Waals surface area contributed by atoms with Crippen LogP contribution in [0.3, 0.4) is 0 Å². The summed E-state index contributed by atoms with van der Waals surface area (Å²) in [5.41, 5.74) is -0.630. The Kier molecular flexibility index (Phi) is 4.28. The summed E-state index contributed by atoms with van der Waals surface area (Å²) in [5, 5.41) is 8.68. The van der Waals surface area contributed by atoms with Gasteiger partial charge < -0.3 is 5.11 Å². The minimum Gasteiger partial charge on any atom is -0.478 e. The highest BCUT2D eigenvalue weighted by molar-refractivity contribution is 5.88. The summed E-state index contributed by atoms with van der Waals surface area (Å²) in [5.74, 6) is -2.45. The SMILES string of the molecule is CN(Cc1cccc(C(=O)O)c1F)CC(F)(F)F. The van der Waals surface area contributed by atoms with Crippen molar-refractivity contribution < 1.29 is 27.5 Å². The van der Waals surface area contributed by atoms with E-state index in [2.05, 4.69) is 0 Å². The van der Waals surface area contributed by atoms with Crippen LogP contribution < -0.4 is 0 Å². The van der Waals surface area contributed by atoms with Gasteiger partial charge in [0.15, 0.2) is 0 Å². The summed E-state index contributed by atoms with van der Waals surface area (Å²) in [7, 11) is 1.18. The van der Waals surface area contributed by atoms with Gasteiger partial charge >= 0.3 is 12.1 Å². The van der Waals surface area contributed by atoms with Gasteiger partial charge in [-0.2, -0.15) is 13.2 Å². The molecule has 1 rings (SSSR count). The molecule has 1 aromatic rings. The first-order valence-electron chi connectivity index (χ1n) is 4.96. The van der Waals surface area contributed by atoms with Crippen LogP contribution in [0.4, 0.5) is 17.6 Å². The van der Waals surface area contributed by atoms with Crippen LogP contribution in [0.5, 0.6) is 0 Å². The van der Waals surface area contributed by atoms with Crippen molar-refractivity contribution in [3.05, 3.63) is 35.1 Å². The number of carbonyl (C=O) groups is 1. The van der Waals surface area contributed by atoms with Crippen LogP contribution in [-0.4, -0.2) is 35.7 Å². The molecule has 0 atom stereocenters. The number of carboxylic acids is 1. The Labute approximate surface area is 101 Å². The fourth-order valence-electron chi connectivity index (χ4n) is 1.52. The van der Waals surface area contributed by atoms with E-state index in [0.717, 1.165) is 11.0 Å². The van der Waals surface area contributed by atoms with E-state index in [1.54, 1.807) is 0 Å². The molecule has 0 saturated carbocycles. The smallest absolute Gasteiger partial charge is 0.401 e. The van der Waals surface area contributed by atoms with Gasteiger partial charge in [-0.1, -0.05) is 12.1 Å². The maximum atomic E-state index is 13.6. The molecule has 0 fully saturated rings. The number of hydrogen-bond donors (Lipinski definition) is 1. The van der Waals surface area contributed by atoms with Gasteiger partial charge in [0, 0.05) is 12.1 Å². The standard InChI is InChI=1S/C11H11F4NO2/c1-16(6-11(13,14)15)5-7-3-2-4-8(9(7)12)10(17)18/h2-4H,5-6H2,1H3,(H,17,18). The predicted octanol–water partition coefficient (Wildman–Crippen LogP) is 2.52. The molecule has 1 aromatic carbocycles. The molecule has 0 unspecified atom stereocenters. The number of aromatic carboxylic acids is 1. The number of benzene rings is 1. The maximum absolute atomic E-state index is 13.6. The van der Waals surface area contributed by atoms with Crippen LogP contribution in [0.2, 0.25) is 0 Å². The molecule has 0 aliphatic rings. The molecule has 0 heterocycles. The van der Waals surface area contributed by atoms with Crippen molar-refractivity contribution in [3.63, 3.8) is 0 Å². The first kappa shape index (κ1) is 14.4. The lowest BCUT2D eigenvalue weighted by Gasteiger charge is -2.19. The van der Waals surface area contributed by atoms with Crippen molar-refractivity contribution >= 4 is 5.97 Å². The highest BCUT2D eigenvalue weighted by Gasteiger charge is 2.29. The Morgan fingerprint density at radius 2 is 2.00 bits per heavy atom.